The van der Waals surface area contributed by atoms with E-state index in [1.165, 1.54) is 18.5 Å². The fourth-order valence-corrected chi connectivity index (χ4v) is 5.96. The highest BCUT2D eigenvalue weighted by Gasteiger charge is 2.29. The van der Waals surface area contributed by atoms with Gasteiger partial charge in [-0.3, -0.25) is 14.0 Å². The standard InChI is InChI=1S/C21H26ClN3O4S2/c1-30(27)13-16-11-24-20(12-23-16)25-21(26)10-17(14-5-3-4-6-14)15-7-8-19(18(22)9-15)31(2,28)29/h7-9,11-12,14,17H,3-6,10,13H2,1-2H3,(H,24,25,26). The van der Waals surface area contributed by atoms with Crippen molar-refractivity contribution in [2.45, 2.75) is 48.7 Å². The molecule has 2 unspecified atom stereocenters. The number of amides is 1. The summed E-state index contributed by atoms with van der Waals surface area (Å²) in [6.45, 7) is 0. The number of rotatable bonds is 8. The van der Waals surface area contributed by atoms with Gasteiger partial charge in [0.05, 0.1) is 33.8 Å². The van der Waals surface area contributed by atoms with Crippen molar-refractivity contribution in [1.82, 2.24) is 9.97 Å². The lowest BCUT2D eigenvalue weighted by atomic mass is 9.82. The molecule has 31 heavy (non-hydrogen) atoms. The van der Waals surface area contributed by atoms with E-state index in [-0.39, 0.29) is 28.2 Å². The first-order valence-electron chi connectivity index (χ1n) is 10.0. The topological polar surface area (TPSA) is 106 Å². The lowest BCUT2D eigenvalue weighted by Crippen LogP contribution is -2.20. The summed E-state index contributed by atoms with van der Waals surface area (Å²) in [5.41, 5.74) is 1.47. The van der Waals surface area contributed by atoms with E-state index in [0.717, 1.165) is 37.5 Å². The number of nitrogens with one attached hydrogen (secondary N) is 1. The van der Waals surface area contributed by atoms with Gasteiger partial charge in [0.25, 0.3) is 0 Å². The quantitative estimate of drug-likeness (QED) is 0.613. The van der Waals surface area contributed by atoms with Crippen LogP contribution in [0.15, 0.2) is 35.5 Å². The van der Waals surface area contributed by atoms with Gasteiger partial charge >= 0.3 is 0 Å². The molecule has 3 rings (SSSR count). The van der Waals surface area contributed by atoms with Crippen LogP contribution in [0.3, 0.4) is 0 Å². The second-order valence-electron chi connectivity index (χ2n) is 7.98. The van der Waals surface area contributed by atoms with Crippen molar-refractivity contribution in [2.75, 3.05) is 17.8 Å². The summed E-state index contributed by atoms with van der Waals surface area (Å²) < 4.78 is 35.0. The highest BCUT2D eigenvalue weighted by Crippen LogP contribution is 2.40. The minimum absolute atomic E-state index is 0.0663. The minimum Gasteiger partial charge on any atom is -0.309 e. The molecule has 1 amide bonds. The van der Waals surface area contributed by atoms with Crippen molar-refractivity contribution >= 4 is 44.0 Å². The van der Waals surface area contributed by atoms with Crippen LogP contribution in [0.25, 0.3) is 0 Å². The van der Waals surface area contributed by atoms with Gasteiger partial charge in [-0.1, -0.05) is 30.5 Å². The van der Waals surface area contributed by atoms with Crippen molar-refractivity contribution in [1.29, 1.82) is 0 Å². The average molecular weight is 484 g/mol. The molecule has 1 N–H and O–H groups in total. The Morgan fingerprint density at radius 3 is 2.52 bits per heavy atom. The van der Waals surface area contributed by atoms with Crippen LogP contribution in [0.4, 0.5) is 5.82 Å². The van der Waals surface area contributed by atoms with E-state index >= 15 is 0 Å². The average Bonchev–Trinajstić information content (AvgIpc) is 3.20. The van der Waals surface area contributed by atoms with Gasteiger partial charge in [0.2, 0.25) is 5.91 Å². The summed E-state index contributed by atoms with van der Waals surface area (Å²) in [6.07, 6.45) is 10.2. The monoisotopic (exact) mass is 483 g/mol. The van der Waals surface area contributed by atoms with E-state index in [9.17, 15) is 17.4 Å². The van der Waals surface area contributed by atoms with E-state index in [2.05, 4.69) is 15.3 Å². The predicted octanol–water partition coefficient (Wildman–Crippen LogP) is 3.71. The lowest BCUT2D eigenvalue weighted by Gasteiger charge is -2.24. The predicted molar refractivity (Wildman–Crippen MR) is 122 cm³/mol. The van der Waals surface area contributed by atoms with Crippen LogP contribution in [0.1, 0.15) is 49.3 Å². The number of carbonyl (C=O) groups excluding carboxylic acids is 1. The summed E-state index contributed by atoms with van der Waals surface area (Å²) in [4.78, 5) is 21.2. The number of hydrogen-bond donors (Lipinski definition) is 1. The third kappa shape index (κ3) is 6.57. The van der Waals surface area contributed by atoms with E-state index < -0.39 is 20.6 Å². The van der Waals surface area contributed by atoms with Gasteiger partial charge in [0, 0.05) is 29.7 Å². The molecule has 0 saturated heterocycles. The van der Waals surface area contributed by atoms with Crippen LogP contribution in [0.5, 0.6) is 0 Å². The van der Waals surface area contributed by atoms with Crippen molar-refractivity contribution < 1.29 is 17.4 Å². The first kappa shape index (κ1) is 23.8. The van der Waals surface area contributed by atoms with Gasteiger partial charge in [-0.05, 0) is 42.4 Å². The molecular weight excluding hydrogens is 458 g/mol. The first-order chi connectivity index (χ1) is 14.6. The van der Waals surface area contributed by atoms with Crippen LogP contribution in [-0.4, -0.2) is 41.0 Å². The molecule has 1 aromatic heterocycles. The SMILES string of the molecule is CS(=O)Cc1cnc(NC(=O)CC(c2ccc(S(C)(=O)=O)c(Cl)c2)C2CCCC2)cn1. The highest BCUT2D eigenvalue weighted by molar-refractivity contribution is 7.90. The Hall–Kier alpha value is -1.84. The van der Waals surface area contributed by atoms with Crippen LogP contribution in [0.2, 0.25) is 5.02 Å². The van der Waals surface area contributed by atoms with E-state index in [1.54, 1.807) is 18.4 Å². The summed E-state index contributed by atoms with van der Waals surface area (Å²) in [7, 11) is -4.43. The Balaban J connectivity index is 1.76. The maximum atomic E-state index is 12.8. The van der Waals surface area contributed by atoms with Crippen LogP contribution in [0, 0.1) is 5.92 Å². The van der Waals surface area contributed by atoms with E-state index in [0.29, 0.717) is 23.2 Å². The lowest BCUT2D eigenvalue weighted by molar-refractivity contribution is -0.116. The molecule has 1 aliphatic rings. The van der Waals surface area contributed by atoms with Crippen LogP contribution in [-0.2, 0) is 31.2 Å². The zero-order valence-corrected chi connectivity index (χ0v) is 19.9. The molecule has 0 radical (unpaired) electrons. The fraction of sp³-hybridized carbons (Fsp3) is 0.476. The van der Waals surface area contributed by atoms with Crippen molar-refractivity contribution in [3.05, 3.63) is 46.9 Å². The second kappa shape index (κ2) is 10.2. The Kier molecular flexibility index (Phi) is 7.82. The molecule has 0 spiro atoms. The van der Waals surface area contributed by atoms with Crippen molar-refractivity contribution in [3.63, 3.8) is 0 Å². The number of carbonyl (C=O) groups is 1. The van der Waals surface area contributed by atoms with E-state index in [1.807, 2.05) is 0 Å². The van der Waals surface area contributed by atoms with Gasteiger partial charge in [-0.15, -0.1) is 0 Å². The van der Waals surface area contributed by atoms with E-state index in [4.69, 9.17) is 11.6 Å². The van der Waals surface area contributed by atoms with Crippen molar-refractivity contribution in [3.8, 4) is 0 Å². The molecule has 168 valence electrons. The minimum atomic E-state index is -3.42. The zero-order valence-electron chi connectivity index (χ0n) is 17.5. The maximum absolute atomic E-state index is 12.8. The molecule has 1 fully saturated rings. The maximum Gasteiger partial charge on any atom is 0.226 e. The fourth-order valence-electron chi connectivity index (χ4n) is 4.06. The molecule has 2 aromatic rings. The third-order valence-corrected chi connectivity index (χ3v) is 7.76. The van der Waals surface area contributed by atoms with Gasteiger partial charge in [-0.25, -0.2) is 13.4 Å². The Morgan fingerprint density at radius 2 is 1.97 bits per heavy atom. The van der Waals surface area contributed by atoms with Gasteiger partial charge < -0.3 is 5.32 Å². The highest BCUT2D eigenvalue weighted by atomic mass is 35.5. The molecule has 0 aliphatic heterocycles. The molecule has 10 heteroatoms. The van der Waals surface area contributed by atoms with Crippen LogP contribution >= 0.6 is 11.6 Å². The number of benzene rings is 1. The summed E-state index contributed by atoms with van der Waals surface area (Å²) >= 11 is 6.26. The first-order valence-corrected chi connectivity index (χ1v) is 14.0. The summed E-state index contributed by atoms with van der Waals surface area (Å²) in [6, 6.07) is 4.96. The van der Waals surface area contributed by atoms with Gasteiger partial charge in [0.15, 0.2) is 15.7 Å². The summed E-state index contributed by atoms with van der Waals surface area (Å²) in [5, 5.41) is 2.96. The number of anilines is 1. The molecule has 2 atom stereocenters. The van der Waals surface area contributed by atoms with Crippen LogP contribution < -0.4 is 5.32 Å². The van der Waals surface area contributed by atoms with Gasteiger partial charge in [-0.2, -0.15) is 0 Å². The number of sulfone groups is 1. The largest absolute Gasteiger partial charge is 0.309 e. The molecule has 7 nitrogen and oxygen atoms in total. The normalized spacial score (nSPS) is 16.7. The third-order valence-electron chi connectivity index (χ3n) is 5.48. The number of halogens is 1. The van der Waals surface area contributed by atoms with Gasteiger partial charge in [0.1, 0.15) is 0 Å². The smallest absolute Gasteiger partial charge is 0.226 e. The van der Waals surface area contributed by atoms with Crippen molar-refractivity contribution in [2.24, 2.45) is 5.92 Å². The number of hydrogen-bond acceptors (Lipinski definition) is 6. The summed E-state index contributed by atoms with van der Waals surface area (Å²) in [5.74, 6) is 0.727. The Morgan fingerprint density at radius 1 is 1.26 bits per heavy atom. The molecule has 1 heterocycles. The Bertz CT molecular complexity index is 1070. The Labute approximate surface area is 190 Å². The molecule has 1 saturated carbocycles. The zero-order chi connectivity index (χ0) is 22.6. The number of nitrogens with zero attached hydrogens (tertiary/aromatic N) is 2. The molecule has 1 aliphatic carbocycles. The number of aromatic nitrogens is 2. The molecule has 1 aromatic carbocycles. The molecular formula is C21H26ClN3O4S2. The second-order valence-corrected chi connectivity index (χ2v) is 11.8. The molecule has 0 bridgehead atoms.